The fourth-order valence-corrected chi connectivity index (χ4v) is 3.96. The van der Waals surface area contributed by atoms with Crippen LogP contribution in [0.3, 0.4) is 0 Å². The van der Waals surface area contributed by atoms with Crippen LogP contribution < -0.4 is 10.1 Å². The van der Waals surface area contributed by atoms with Crippen LogP contribution >= 0.6 is 0 Å². The molecule has 2 aliphatic heterocycles. The van der Waals surface area contributed by atoms with Gasteiger partial charge in [-0.25, -0.2) is 0 Å². The molecule has 0 aromatic heterocycles. The van der Waals surface area contributed by atoms with Crippen molar-refractivity contribution in [2.45, 2.75) is 62.0 Å². The molecule has 1 radical (unpaired) electrons. The number of carbonyl (C=O) groups excluding carboxylic acids is 1. The topological polar surface area (TPSA) is 187 Å². The van der Waals surface area contributed by atoms with E-state index in [4.69, 9.17) is 18.9 Å². The number of aliphatic hydroxyl groups is 5. The average molecular weight is 519 g/mol. The van der Waals surface area contributed by atoms with Gasteiger partial charge in [-0.2, -0.15) is 6.61 Å². The minimum absolute atomic E-state index is 0. The molecule has 2 saturated heterocycles. The summed E-state index contributed by atoms with van der Waals surface area (Å²) in [4.78, 5) is 12.6. The molecule has 1 amide bonds. The molecule has 1 aromatic rings. The van der Waals surface area contributed by atoms with E-state index >= 15 is 0 Å². The first-order valence-electron chi connectivity index (χ1n) is 10.3. The Morgan fingerprint density at radius 1 is 1.09 bits per heavy atom. The number of benzene rings is 1. The number of ether oxygens (including phenoxy) is 4. The largest absolute Gasteiger partial charge is 0.516 e. The van der Waals surface area contributed by atoms with Gasteiger partial charge in [0.15, 0.2) is 17.8 Å². The molecule has 1 aliphatic carbocycles. The second kappa shape index (κ2) is 10.9. The number of phenols is 1. The van der Waals surface area contributed by atoms with Gasteiger partial charge in [0.25, 0.3) is 0 Å². The Hall–Kier alpha value is -1.71. The van der Waals surface area contributed by atoms with Crippen molar-refractivity contribution in [1.82, 2.24) is 5.32 Å². The number of hydrogen-bond donors (Lipinski definition) is 7. The summed E-state index contributed by atoms with van der Waals surface area (Å²) in [6, 6.07) is 3.06. The number of hydrogen-bond acceptors (Lipinski definition) is 11. The zero-order valence-corrected chi connectivity index (χ0v) is 19.4. The molecule has 9 atom stereocenters. The first-order chi connectivity index (χ1) is 15.7. The predicted molar refractivity (Wildman–Crippen MR) is 108 cm³/mol. The first-order valence-corrected chi connectivity index (χ1v) is 10.3. The van der Waals surface area contributed by atoms with Gasteiger partial charge in [0.1, 0.15) is 43.4 Å². The zero-order chi connectivity index (χ0) is 23.9. The maximum absolute atomic E-state index is 12.6. The van der Waals surface area contributed by atoms with Gasteiger partial charge in [0.05, 0.1) is 6.04 Å². The Morgan fingerprint density at radius 3 is 2.38 bits per heavy atom. The van der Waals surface area contributed by atoms with Crippen LogP contribution in [0.4, 0.5) is 0 Å². The summed E-state index contributed by atoms with van der Waals surface area (Å²) in [6.07, 6.45) is -8.13. The van der Waals surface area contributed by atoms with Gasteiger partial charge in [-0.05, 0) is 36.8 Å². The van der Waals surface area contributed by atoms with Crippen LogP contribution in [0.15, 0.2) is 23.8 Å². The minimum atomic E-state index is -1.47. The van der Waals surface area contributed by atoms with Gasteiger partial charge in [0, 0.05) is 24.1 Å². The molecule has 1 saturated carbocycles. The smallest absolute Gasteiger partial charge is 0.247 e. The predicted octanol–water partition coefficient (Wildman–Crippen LogP) is -2.27. The summed E-state index contributed by atoms with van der Waals surface area (Å²) in [5, 5.41) is 62.9. The van der Waals surface area contributed by atoms with E-state index in [1.54, 1.807) is 0 Å². The standard InChI is InChI=1S/C21H26NO11.V/c1-8(20(29)22-13-15(26)17(28)19-18(16(13)27)31-7-32-19)4-9-2-3-12(10(23)5-9)33-21-14(25)11(24)6-30-21;/h2-6,11,13-19,21,23-28H,7H2,1H3,(H,22,29);/q-1;/b8-4+;/t11-,13?,14+,15+,16-,17-,18+,19-,21+;/m1./s1. The number of rotatable bonds is 5. The van der Waals surface area contributed by atoms with Crippen LogP contribution in [0.1, 0.15) is 12.5 Å². The zero-order valence-electron chi connectivity index (χ0n) is 18.0. The molecule has 0 spiro atoms. The third-order valence-electron chi connectivity index (χ3n) is 5.85. The summed E-state index contributed by atoms with van der Waals surface area (Å²) in [7, 11) is 0. The number of amides is 1. The SMILES string of the molecule is C/C(=C\c1ccc(O[C@@H]2O[CH-][C@@H](O)[C@@H]2O)c(O)c1)C(=O)NC1[C@@H](O)[C@@H]2OCO[C@@H]2[C@H](O)[C@H]1O.[V]. The number of carbonyl (C=O) groups is 1. The van der Waals surface area contributed by atoms with Crippen LogP contribution in [-0.4, -0.2) is 98.4 Å². The summed E-state index contributed by atoms with van der Waals surface area (Å²) < 4.78 is 20.8. The second-order valence-corrected chi connectivity index (χ2v) is 8.15. The Morgan fingerprint density at radius 2 is 1.76 bits per heavy atom. The van der Waals surface area contributed by atoms with Gasteiger partial charge >= 0.3 is 0 Å². The van der Waals surface area contributed by atoms with Crippen molar-refractivity contribution in [3.05, 3.63) is 35.9 Å². The van der Waals surface area contributed by atoms with Crippen molar-refractivity contribution in [3.8, 4) is 11.5 Å². The van der Waals surface area contributed by atoms with Crippen LogP contribution in [0.25, 0.3) is 6.08 Å². The van der Waals surface area contributed by atoms with E-state index < -0.39 is 61.0 Å². The van der Waals surface area contributed by atoms with Crippen LogP contribution in [-0.2, 0) is 37.6 Å². The van der Waals surface area contributed by atoms with Gasteiger partial charge < -0.3 is 54.9 Å². The van der Waals surface area contributed by atoms with Crippen molar-refractivity contribution in [3.63, 3.8) is 0 Å². The van der Waals surface area contributed by atoms with Crippen molar-refractivity contribution in [2.75, 3.05) is 6.79 Å². The molecule has 3 aliphatic rings. The van der Waals surface area contributed by atoms with E-state index in [1.165, 1.54) is 31.2 Å². The fraction of sp³-hybridized carbons (Fsp3) is 0.524. The molecular formula is C21H26NO11V-. The molecule has 34 heavy (non-hydrogen) atoms. The molecule has 4 rings (SSSR count). The molecule has 3 fully saturated rings. The summed E-state index contributed by atoms with van der Waals surface area (Å²) in [6.45, 7) is 2.38. The maximum Gasteiger partial charge on any atom is 0.247 e. The van der Waals surface area contributed by atoms with Gasteiger partial charge in [-0.15, -0.1) is 0 Å². The van der Waals surface area contributed by atoms with Crippen LogP contribution in [0, 0.1) is 6.61 Å². The van der Waals surface area contributed by atoms with Crippen molar-refractivity contribution in [2.24, 2.45) is 0 Å². The van der Waals surface area contributed by atoms with E-state index in [-0.39, 0.29) is 42.4 Å². The molecule has 1 aromatic carbocycles. The van der Waals surface area contributed by atoms with Crippen molar-refractivity contribution < 1.29 is 72.9 Å². The second-order valence-electron chi connectivity index (χ2n) is 8.15. The van der Waals surface area contributed by atoms with E-state index in [9.17, 15) is 35.4 Å². The number of phenolic OH excluding ortho intramolecular Hbond substituents is 1. The molecular weight excluding hydrogens is 493 g/mol. The summed E-state index contributed by atoms with van der Waals surface area (Å²) in [5.41, 5.74) is 0.624. The normalized spacial score (nSPS) is 37.6. The summed E-state index contributed by atoms with van der Waals surface area (Å²) in [5.74, 6) is -0.911. The van der Waals surface area contributed by atoms with Gasteiger partial charge in [0.2, 0.25) is 5.91 Å². The maximum atomic E-state index is 12.6. The number of aromatic hydroxyl groups is 1. The monoisotopic (exact) mass is 519 g/mol. The molecule has 13 heteroatoms. The molecule has 0 bridgehead atoms. The van der Waals surface area contributed by atoms with Gasteiger partial charge in [-0.1, -0.05) is 6.07 Å². The Bertz CT molecular complexity index is 915. The Labute approximate surface area is 206 Å². The van der Waals surface area contributed by atoms with E-state index in [1.807, 2.05) is 0 Å². The van der Waals surface area contributed by atoms with E-state index in [0.717, 1.165) is 6.61 Å². The van der Waals surface area contributed by atoms with E-state index in [2.05, 4.69) is 5.32 Å². The number of nitrogens with one attached hydrogen (secondary N) is 1. The minimum Gasteiger partial charge on any atom is -0.516 e. The number of aliphatic hydroxyl groups excluding tert-OH is 5. The molecule has 2 heterocycles. The molecule has 1 unspecified atom stereocenters. The Kier molecular flexibility index (Phi) is 8.63. The van der Waals surface area contributed by atoms with Crippen LogP contribution in [0.5, 0.6) is 11.5 Å². The Balaban J connectivity index is 0.00000324. The van der Waals surface area contributed by atoms with Crippen LogP contribution in [0.2, 0.25) is 0 Å². The average Bonchev–Trinajstić information content (AvgIpc) is 3.39. The third-order valence-corrected chi connectivity index (χ3v) is 5.85. The first kappa shape index (κ1) is 26.9. The fourth-order valence-electron chi connectivity index (χ4n) is 3.96. The van der Waals surface area contributed by atoms with E-state index in [0.29, 0.717) is 5.56 Å². The van der Waals surface area contributed by atoms with Crippen molar-refractivity contribution >= 4 is 12.0 Å². The molecule has 12 nitrogen and oxygen atoms in total. The van der Waals surface area contributed by atoms with Crippen molar-refractivity contribution in [1.29, 1.82) is 0 Å². The third kappa shape index (κ3) is 5.26. The summed E-state index contributed by atoms with van der Waals surface area (Å²) >= 11 is 0. The molecule has 7 N–H and O–H groups in total. The quantitative estimate of drug-likeness (QED) is 0.164. The van der Waals surface area contributed by atoms with Gasteiger partial charge in [-0.3, -0.25) is 4.79 Å². The molecule has 187 valence electrons. The number of fused-ring (bicyclic) bond motifs is 1.